The number of halogens is 3. The van der Waals surface area contributed by atoms with E-state index in [1.165, 1.54) is 6.07 Å². The summed E-state index contributed by atoms with van der Waals surface area (Å²) in [6, 6.07) is 14.4. The summed E-state index contributed by atoms with van der Waals surface area (Å²) in [7, 11) is 1.72. The maximum Gasteiger partial charge on any atom is 0.416 e. The van der Waals surface area contributed by atoms with Crippen molar-refractivity contribution in [2.24, 2.45) is 0 Å². The molecule has 0 fully saturated rings. The number of fused-ring (bicyclic) bond motifs is 1. The number of carbonyl (C=O) groups excluding carboxylic acids is 1. The van der Waals surface area contributed by atoms with Crippen LogP contribution in [0.5, 0.6) is 0 Å². The van der Waals surface area contributed by atoms with Crippen molar-refractivity contribution in [3.05, 3.63) is 88.6 Å². The first kappa shape index (κ1) is 18.4. The highest BCUT2D eigenvalue weighted by atomic mass is 19.4. The molecule has 3 aromatic rings. The Morgan fingerprint density at radius 1 is 1.03 bits per heavy atom. The Bertz CT molecular complexity index is 1220. The maximum absolute atomic E-state index is 13.2. The lowest BCUT2D eigenvalue weighted by atomic mass is 10.0. The number of hydrogen-bond donors (Lipinski definition) is 0. The first-order valence-electron chi connectivity index (χ1n) is 9.36. The van der Waals surface area contributed by atoms with Gasteiger partial charge in [0.2, 0.25) is 0 Å². The average molecular weight is 407 g/mol. The largest absolute Gasteiger partial charge is 0.416 e. The monoisotopic (exact) mass is 407 g/mol. The second kappa shape index (κ2) is 6.45. The van der Waals surface area contributed by atoms with Gasteiger partial charge in [-0.2, -0.15) is 13.2 Å². The molecule has 0 spiro atoms. The molecule has 30 heavy (non-hydrogen) atoms. The highest BCUT2D eigenvalue weighted by Crippen LogP contribution is 2.45. The van der Waals surface area contributed by atoms with E-state index >= 15 is 0 Å². The van der Waals surface area contributed by atoms with Crippen LogP contribution in [0.2, 0.25) is 0 Å². The summed E-state index contributed by atoms with van der Waals surface area (Å²) in [5.41, 5.74) is 3.45. The summed E-state index contributed by atoms with van der Waals surface area (Å²) in [6.07, 6.45) is -0.856. The Morgan fingerprint density at radius 3 is 2.63 bits per heavy atom. The molecule has 0 N–H and O–H groups in total. The van der Waals surface area contributed by atoms with Crippen LogP contribution in [0.4, 0.5) is 24.7 Å². The van der Waals surface area contributed by atoms with Gasteiger partial charge in [0, 0.05) is 30.9 Å². The van der Waals surface area contributed by atoms with Gasteiger partial charge in [0.05, 0.1) is 22.5 Å². The topological polar surface area (TPSA) is 36.4 Å². The number of carbonyl (C=O) groups is 1. The maximum atomic E-state index is 13.2. The standard InChI is InChI=1S/C23H16F3N3O/c1-28-19-12-15-6-4-10-27-21(15)29(18-9-3-8-17(20(18)19)22(28)30)13-14-5-2-7-16(11-14)23(24,25)26/h2-12H,13H2,1H3. The van der Waals surface area contributed by atoms with E-state index in [-0.39, 0.29) is 12.5 Å². The summed E-state index contributed by atoms with van der Waals surface area (Å²) < 4.78 is 39.6. The zero-order valence-electron chi connectivity index (χ0n) is 15.9. The van der Waals surface area contributed by atoms with Crippen LogP contribution in [-0.4, -0.2) is 22.8 Å². The molecule has 3 heterocycles. The number of nitrogens with zero attached hydrogens (tertiary/aromatic N) is 3. The second-order valence-electron chi connectivity index (χ2n) is 7.29. The van der Waals surface area contributed by atoms with Gasteiger partial charge in [-0.3, -0.25) is 4.79 Å². The van der Waals surface area contributed by atoms with Crippen LogP contribution < -0.4 is 4.90 Å². The van der Waals surface area contributed by atoms with E-state index in [1.54, 1.807) is 42.4 Å². The molecule has 0 saturated carbocycles. The molecular weight excluding hydrogens is 391 g/mol. The predicted molar refractivity (Wildman–Crippen MR) is 108 cm³/mol. The van der Waals surface area contributed by atoms with Crippen LogP contribution in [0.1, 0.15) is 32.6 Å². The first-order chi connectivity index (χ1) is 14.3. The van der Waals surface area contributed by atoms with E-state index in [0.717, 1.165) is 34.6 Å². The fourth-order valence-corrected chi connectivity index (χ4v) is 4.04. The van der Waals surface area contributed by atoms with E-state index in [2.05, 4.69) is 4.98 Å². The number of benzene rings is 2. The Morgan fingerprint density at radius 2 is 1.83 bits per heavy atom. The number of anilines is 2. The lowest BCUT2D eigenvalue weighted by Crippen LogP contribution is -2.20. The molecule has 2 aliphatic rings. The Hall–Kier alpha value is -3.61. The number of alkyl halides is 3. The quantitative estimate of drug-likeness (QED) is 0.576. The summed E-state index contributed by atoms with van der Waals surface area (Å²) in [4.78, 5) is 20.7. The van der Waals surface area contributed by atoms with Crippen molar-refractivity contribution in [3.8, 4) is 0 Å². The third kappa shape index (κ3) is 2.77. The minimum Gasteiger partial charge on any atom is -0.321 e. The van der Waals surface area contributed by atoms with E-state index < -0.39 is 11.7 Å². The minimum absolute atomic E-state index is 0.107. The van der Waals surface area contributed by atoms with Crippen molar-refractivity contribution >= 4 is 29.2 Å². The van der Waals surface area contributed by atoms with Gasteiger partial charge < -0.3 is 9.80 Å². The number of amides is 1. The van der Waals surface area contributed by atoms with Crippen molar-refractivity contribution in [2.45, 2.75) is 12.7 Å². The first-order valence-corrected chi connectivity index (χ1v) is 9.36. The van der Waals surface area contributed by atoms with Crippen LogP contribution in [0.15, 0.2) is 60.8 Å². The molecule has 7 heteroatoms. The van der Waals surface area contributed by atoms with E-state index in [0.29, 0.717) is 16.9 Å². The normalized spacial score (nSPS) is 14.9. The van der Waals surface area contributed by atoms with Gasteiger partial charge in [-0.15, -0.1) is 0 Å². The van der Waals surface area contributed by atoms with E-state index in [4.69, 9.17) is 0 Å². The molecule has 0 atom stereocenters. The minimum atomic E-state index is -4.41. The van der Waals surface area contributed by atoms with Gasteiger partial charge in [-0.05, 0) is 48.0 Å². The predicted octanol–water partition coefficient (Wildman–Crippen LogP) is 5.34. The molecule has 0 bridgehead atoms. The van der Waals surface area contributed by atoms with Crippen molar-refractivity contribution < 1.29 is 18.0 Å². The molecule has 1 amide bonds. The number of aromatic nitrogens is 1. The van der Waals surface area contributed by atoms with Gasteiger partial charge in [0.15, 0.2) is 0 Å². The zero-order chi connectivity index (χ0) is 21.0. The molecule has 1 aromatic heterocycles. The number of hydrogen-bond acceptors (Lipinski definition) is 3. The lowest BCUT2D eigenvalue weighted by Gasteiger charge is -2.26. The summed E-state index contributed by atoms with van der Waals surface area (Å²) >= 11 is 0. The Balaban J connectivity index is 1.69. The number of pyridine rings is 1. The van der Waals surface area contributed by atoms with Crippen molar-refractivity contribution in [3.63, 3.8) is 0 Å². The van der Waals surface area contributed by atoms with Gasteiger partial charge >= 0.3 is 6.18 Å². The van der Waals surface area contributed by atoms with Crippen LogP contribution in [-0.2, 0) is 12.7 Å². The van der Waals surface area contributed by atoms with Crippen molar-refractivity contribution in [2.75, 3.05) is 11.9 Å². The SMILES string of the molecule is CN1C(=O)c2cccc3c2C1=Cc1cccnc1N3Cc1cccc(C(F)(F)F)c1. The smallest absolute Gasteiger partial charge is 0.321 e. The Kier molecular flexibility index (Phi) is 3.96. The molecule has 0 aliphatic carbocycles. The molecular formula is C23H16F3N3O. The van der Waals surface area contributed by atoms with Crippen molar-refractivity contribution in [1.29, 1.82) is 0 Å². The van der Waals surface area contributed by atoms with Crippen molar-refractivity contribution in [1.82, 2.24) is 9.88 Å². The fourth-order valence-electron chi connectivity index (χ4n) is 4.04. The molecule has 2 aliphatic heterocycles. The average Bonchev–Trinajstić information content (AvgIpc) is 2.89. The highest BCUT2D eigenvalue weighted by Gasteiger charge is 2.36. The number of rotatable bonds is 2. The summed E-state index contributed by atoms with van der Waals surface area (Å²) in [5, 5.41) is 0. The van der Waals surface area contributed by atoms with Crippen LogP contribution >= 0.6 is 0 Å². The van der Waals surface area contributed by atoms with Gasteiger partial charge in [-0.1, -0.05) is 18.2 Å². The van der Waals surface area contributed by atoms with E-state index in [1.807, 2.05) is 23.1 Å². The van der Waals surface area contributed by atoms with Crippen LogP contribution in [0.25, 0.3) is 11.8 Å². The summed E-state index contributed by atoms with van der Waals surface area (Å²) in [6.45, 7) is 0.184. The molecule has 0 unspecified atom stereocenters. The van der Waals surface area contributed by atoms with Gasteiger partial charge in [0.25, 0.3) is 5.91 Å². The fraction of sp³-hybridized carbons (Fsp3) is 0.130. The van der Waals surface area contributed by atoms with Crippen LogP contribution in [0, 0.1) is 0 Å². The third-order valence-corrected chi connectivity index (χ3v) is 5.45. The third-order valence-electron chi connectivity index (χ3n) is 5.45. The highest BCUT2D eigenvalue weighted by molar-refractivity contribution is 6.15. The molecule has 4 nitrogen and oxygen atoms in total. The lowest BCUT2D eigenvalue weighted by molar-refractivity contribution is -0.137. The summed E-state index contributed by atoms with van der Waals surface area (Å²) in [5.74, 6) is 0.524. The van der Waals surface area contributed by atoms with Crippen LogP contribution in [0.3, 0.4) is 0 Å². The van der Waals surface area contributed by atoms with Gasteiger partial charge in [0.1, 0.15) is 5.82 Å². The van der Waals surface area contributed by atoms with E-state index in [9.17, 15) is 18.0 Å². The van der Waals surface area contributed by atoms with Gasteiger partial charge in [-0.25, -0.2) is 4.98 Å². The molecule has 0 radical (unpaired) electrons. The zero-order valence-corrected chi connectivity index (χ0v) is 15.9. The molecule has 2 aromatic carbocycles. The second-order valence-corrected chi connectivity index (χ2v) is 7.29. The molecule has 150 valence electrons. The molecule has 0 saturated heterocycles. The Labute approximate surface area is 170 Å². The molecule has 5 rings (SSSR count).